The molecule has 1 aromatic carbocycles. The fraction of sp³-hybridized carbons (Fsp3) is 0.261. The van der Waals surface area contributed by atoms with Gasteiger partial charge >= 0.3 is 0 Å². The van der Waals surface area contributed by atoms with Gasteiger partial charge < -0.3 is 9.80 Å². The molecule has 4 atom stereocenters. The average Bonchev–Trinajstić information content (AvgIpc) is 3.06. The molecule has 2 aliphatic heterocycles. The summed E-state index contributed by atoms with van der Waals surface area (Å²) in [7, 11) is 0. The van der Waals surface area contributed by atoms with Crippen LogP contribution in [0.4, 0.5) is 22.9 Å². The zero-order valence-electron chi connectivity index (χ0n) is 15.9. The van der Waals surface area contributed by atoms with Crippen molar-refractivity contribution in [3.63, 3.8) is 0 Å². The highest BCUT2D eigenvalue weighted by atomic mass is 15.5. The molecule has 5 heteroatoms. The largest absolute Gasteiger partial charge is 0.314 e. The first kappa shape index (κ1) is 15.8. The molecule has 0 amide bonds. The third-order valence-electron chi connectivity index (χ3n) is 6.75. The molecule has 2 aromatic heterocycles. The third kappa shape index (κ3) is 1.84. The van der Waals surface area contributed by atoms with Crippen molar-refractivity contribution in [3.8, 4) is 0 Å². The fourth-order valence-electron chi connectivity index (χ4n) is 5.38. The minimum atomic E-state index is -0.0115. The molecule has 0 spiro atoms. The molecule has 3 aliphatic rings. The number of rotatable bonds is 1. The number of anilines is 4. The summed E-state index contributed by atoms with van der Waals surface area (Å²) in [4.78, 5) is 18.1. The van der Waals surface area contributed by atoms with E-state index in [1.54, 1.807) is 6.33 Å². The summed E-state index contributed by atoms with van der Waals surface area (Å²) in [6.45, 7) is 4.73. The van der Waals surface area contributed by atoms with Gasteiger partial charge in [0.25, 0.3) is 0 Å². The van der Waals surface area contributed by atoms with E-state index in [1.165, 1.54) is 11.3 Å². The average molecular weight is 367 g/mol. The molecule has 1 aliphatic carbocycles. The predicted octanol–water partition coefficient (Wildman–Crippen LogP) is 4.80. The monoisotopic (exact) mass is 367 g/mol. The van der Waals surface area contributed by atoms with Gasteiger partial charge in [0.1, 0.15) is 18.2 Å². The topological polar surface area (TPSA) is 45.2 Å². The van der Waals surface area contributed by atoms with Crippen LogP contribution in [0.15, 0.2) is 73.5 Å². The highest BCUT2D eigenvalue weighted by Crippen LogP contribution is 2.62. The van der Waals surface area contributed by atoms with E-state index >= 15 is 0 Å². The Morgan fingerprint density at radius 3 is 2.57 bits per heavy atom. The smallest absolute Gasteiger partial charge is 0.162 e. The highest BCUT2D eigenvalue weighted by Gasteiger charge is 2.57. The summed E-state index contributed by atoms with van der Waals surface area (Å²) in [5.41, 5.74) is 4.80. The second-order valence-electron chi connectivity index (χ2n) is 8.15. The van der Waals surface area contributed by atoms with Gasteiger partial charge in [-0.1, -0.05) is 44.2 Å². The molecule has 3 aromatic rings. The highest BCUT2D eigenvalue weighted by molar-refractivity contribution is 5.87. The molecule has 4 heterocycles. The molecule has 4 unspecified atom stereocenters. The molecule has 5 nitrogen and oxygen atoms in total. The van der Waals surface area contributed by atoms with Crippen LogP contribution >= 0.6 is 0 Å². The van der Waals surface area contributed by atoms with Crippen LogP contribution in [-0.4, -0.2) is 21.1 Å². The van der Waals surface area contributed by atoms with E-state index in [-0.39, 0.29) is 11.6 Å². The number of pyridine rings is 1. The van der Waals surface area contributed by atoms with E-state index in [2.05, 4.69) is 82.2 Å². The maximum absolute atomic E-state index is 4.71. The molecular weight excluding hydrogens is 346 g/mol. The first-order chi connectivity index (χ1) is 13.7. The van der Waals surface area contributed by atoms with E-state index in [4.69, 9.17) is 4.98 Å². The normalized spacial score (nSPS) is 29.3. The van der Waals surface area contributed by atoms with E-state index < -0.39 is 0 Å². The van der Waals surface area contributed by atoms with Crippen molar-refractivity contribution >= 4 is 22.9 Å². The van der Waals surface area contributed by atoms with Gasteiger partial charge in [0.05, 0.1) is 6.20 Å². The zero-order valence-corrected chi connectivity index (χ0v) is 15.9. The van der Waals surface area contributed by atoms with Crippen molar-refractivity contribution in [1.82, 2.24) is 15.0 Å². The van der Waals surface area contributed by atoms with Crippen LogP contribution in [0.5, 0.6) is 0 Å². The van der Waals surface area contributed by atoms with Gasteiger partial charge in [0.15, 0.2) is 5.82 Å². The fourth-order valence-corrected chi connectivity index (χ4v) is 5.38. The minimum Gasteiger partial charge on any atom is -0.314 e. The predicted molar refractivity (Wildman–Crippen MR) is 110 cm³/mol. The van der Waals surface area contributed by atoms with E-state index in [0.29, 0.717) is 11.8 Å². The maximum Gasteiger partial charge on any atom is 0.162 e. The lowest BCUT2D eigenvalue weighted by Crippen LogP contribution is -2.54. The van der Waals surface area contributed by atoms with Crippen LogP contribution < -0.4 is 9.80 Å². The van der Waals surface area contributed by atoms with Crippen LogP contribution in [0.3, 0.4) is 0 Å². The molecule has 0 saturated heterocycles. The Bertz CT molecular complexity index is 1090. The van der Waals surface area contributed by atoms with Crippen molar-refractivity contribution in [3.05, 3.63) is 79.0 Å². The summed E-state index contributed by atoms with van der Waals surface area (Å²) >= 11 is 0. The lowest BCUT2D eigenvalue weighted by molar-refractivity contribution is 0.198. The Hall–Kier alpha value is -3.21. The summed E-state index contributed by atoms with van der Waals surface area (Å²) < 4.78 is 0. The minimum absolute atomic E-state index is 0.0115. The standard InChI is InChI=1S/C23H21N5/c1-15-17-5-3-4-6-19(17)28-20-13-25-14-26-21(20)27(16-8-11-24-12-9-16)22(28)23(2)10-7-18(15)23/h3-15,18,22H,1-2H3. The van der Waals surface area contributed by atoms with Gasteiger partial charge in [-0.25, -0.2) is 9.97 Å². The molecule has 0 saturated carbocycles. The van der Waals surface area contributed by atoms with E-state index in [1.807, 2.05) is 18.6 Å². The summed E-state index contributed by atoms with van der Waals surface area (Å²) in [6, 6.07) is 12.9. The van der Waals surface area contributed by atoms with Gasteiger partial charge in [0.2, 0.25) is 0 Å². The summed E-state index contributed by atoms with van der Waals surface area (Å²) in [6.07, 6.45) is 12.2. The first-order valence-corrected chi connectivity index (χ1v) is 9.77. The lowest BCUT2D eigenvalue weighted by Gasteiger charge is -2.50. The van der Waals surface area contributed by atoms with Crippen molar-refractivity contribution in [2.45, 2.75) is 25.9 Å². The van der Waals surface area contributed by atoms with Crippen LogP contribution in [0, 0.1) is 11.3 Å². The summed E-state index contributed by atoms with van der Waals surface area (Å²) in [5, 5.41) is 0. The first-order valence-electron chi connectivity index (χ1n) is 9.77. The number of aromatic nitrogens is 3. The molecule has 6 rings (SSSR count). The Balaban J connectivity index is 1.67. The number of para-hydroxylation sites is 1. The Labute approximate surface area is 164 Å². The Morgan fingerprint density at radius 2 is 1.79 bits per heavy atom. The molecule has 28 heavy (non-hydrogen) atoms. The molecule has 0 fully saturated rings. The number of benzene rings is 1. The van der Waals surface area contributed by atoms with Crippen molar-refractivity contribution in [2.75, 3.05) is 9.80 Å². The lowest BCUT2D eigenvalue weighted by atomic mass is 9.61. The van der Waals surface area contributed by atoms with Crippen LogP contribution in [0.1, 0.15) is 25.3 Å². The van der Waals surface area contributed by atoms with Gasteiger partial charge in [0, 0.05) is 29.2 Å². The molecule has 0 bridgehead atoms. The van der Waals surface area contributed by atoms with Crippen molar-refractivity contribution < 1.29 is 0 Å². The van der Waals surface area contributed by atoms with E-state index in [0.717, 1.165) is 17.2 Å². The SMILES string of the molecule is CC1c2ccccc2N2c3cncnc3N(c3ccncc3)C2C2(C)C=CC12. The Kier molecular flexibility index (Phi) is 3.05. The zero-order chi connectivity index (χ0) is 18.9. The van der Waals surface area contributed by atoms with Crippen LogP contribution in [0.2, 0.25) is 0 Å². The molecule has 0 N–H and O–H groups in total. The van der Waals surface area contributed by atoms with Gasteiger partial charge in [-0.2, -0.15) is 0 Å². The molecular formula is C23H21N5. The number of hydrogen-bond acceptors (Lipinski definition) is 5. The number of allylic oxidation sites excluding steroid dienone is 1. The van der Waals surface area contributed by atoms with Gasteiger partial charge in [-0.15, -0.1) is 0 Å². The number of hydrogen-bond donors (Lipinski definition) is 0. The Morgan fingerprint density at radius 1 is 0.964 bits per heavy atom. The van der Waals surface area contributed by atoms with Crippen LogP contribution in [0.25, 0.3) is 0 Å². The summed E-state index contributed by atoms with van der Waals surface area (Å²) in [5.74, 6) is 1.87. The van der Waals surface area contributed by atoms with Crippen LogP contribution in [-0.2, 0) is 0 Å². The second kappa shape index (κ2) is 5.41. The molecule has 138 valence electrons. The number of fused-ring (bicyclic) bond motifs is 7. The maximum atomic E-state index is 4.71. The van der Waals surface area contributed by atoms with E-state index in [9.17, 15) is 0 Å². The van der Waals surface area contributed by atoms with Crippen molar-refractivity contribution in [2.24, 2.45) is 11.3 Å². The van der Waals surface area contributed by atoms with Crippen molar-refractivity contribution in [1.29, 1.82) is 0 Å². The molecule has 0 radical (unpaired) electrons. The van der Waals surface area contributed by atoms with Gasteiger partial charge in [-0.3, -0.25) is 4.98 Å². The second-order valence-corrected chi connectivity index (χ2v) is 8.15. The third-order valence-corrected chi connectivity index (χ3v) is 6.75. The van der Waals surface area contributed by atoms with Gasteiger partial charge in [-0.05, 0) is 35.6 Å². The number of nitrogens with zero attached hydrogens (tertiary/aromatic N) is 5. The quantitative estimate of drug-likeness (QED) is 0.578.